The van der Waals surface area contributed by atoms with Crippen molar-refractivity contribution in [3.8, 4) is 0 Å². The molecule has 0 N–H and O–H groups in total. The van der Waals surface area contributed by atoms with E-state index in [9.17, 15) is 18.0 Å². The lowest BCUT2D eigenvalue weighted by Crippen LogP contribution is -2.13. The Kier molecular flexibility index (Phi) is 3.31. The van der Waals surface area contributed by atoms with Gasteiger partial charge < -0.3 is 0 Å². The Morgan fingerprint density at radius 3 is 2.50 bits per heavy atom. The van der Waals surface area contributed by atoms with Crippen molar-refractivity contribution in [2.24, 2.45) is 0 Å². The van der Waals surface area contributed by atoms with Crippen LogP contribution in [0.5, 0.6) is 0 Å². The zero-order valence-corrected chi connectivity index (χ0v) is 8.74. The van der Waals surface area contributed by atoms with Crippen LogP contribution < -0.4 is 0 Å². The van der Waals surface area contributed by atoms with Gasteiger partial charge in [0, 0.05) is 4.47 Å². The second-order valence-electron chi connectivity index (χ2n) is 2.75. The van der Waals surface area contributed by atoms with E-state index >= 15 is 0 Å². The van der Waals surface area contributed by atoms with Gasteiger partial charge in [-0.25, -0.2) is 13.2 Å². The summed E-state index contributed by atoms with van der Waals surface area (Å²) >= 11 is 3.00. The predicted molar refractivity (Wildman–Crippen MR) is 49.2 cm³/mol. The molecule has 0 radical (unpaired) electrons. The molecule has 0 heterocycles. The Morgan fingerprint density at radius 1 is 1.43 bits per heavy atom. The Labute approximate surface area is 87.1 Å². The van der Waals surface area contributed by atoms with E-state index in [4.69, 9.17) is 0 Å². The highest BCUT2D eigenvalue weighted by atomic mass is 79.9. The number of halogens is 4. The van der Waals surface area contributed by atoms with Crippen LogP contribution in [0.3, 0.4) is 0 Å². The van der Waals surface area contributed by atoms with Gasteiger partial charge in [-0.3, -0.25) is 4.79 Å². The number of benzene rings is 1. The predicted octanol–water partition coefficient (Wildman–Crippen LogP) is 3.34. The number of hydrogen-bond donors (Lipinski definition) is 0. The number of carbonyl (C=O) groups excluding carboxylic acids is 1. The average molecular weight is 267 g/mol. The lowest BCUT2D eigenvalue weighted by molar-refractivity contribution is 0.0674. The third-order valence-corrected chi connectivity index (χ3v) is 2.14. The molecule has 1 aromatic carbocycles. The standard InChI is InChI=1S/C9H6BrF3O/c1-4-2-5(10)3-6(7(4)11)8(14)9(12)13/h2-3,9H,1H3. The summed E-state index contributed by atoms with van der Waals surface area (Å²) in [5.74, 6) is -2.38. The van der Waals surface area contributed by atoms with Crippen LogP contribution >= 0.6 is 15.9 Å². The molecule has 0 saturated heterocycles. The van der Waals surface area contributed by atoms with Crippen LogP contribution in [-0.2, 0) is 0 Å². The van der Waals surface area contributed by atoms with Crippen molar-refractivity contribution >= 4 is 21.7 Å². The third-order valence-electron chi connectivity index (χ3n) is 1.68. The molecule has 0 saturated carbocycles. The molecule has 0 spiro atoms. The van der Waals surface area contributed by atoms with Crippen molar-refractivity contribution in [2.75, 3.05) is 0 Å². The van der Waals surface area contributed by atoms with Crippen molar-refractivity contribution < 1.29 is 18.0 Å². The number of hydrogen-bond acceptors (Lipinski definition) is 1. The van der Waals surface area contributed by atoms with Gasteiger partial charge in [0.25, 0.3) is 0 Å². The molecule has 0 amide bonds. The van der Waals surface area contributed by atoms with Gasteiger partial charge in [0.15, 0.2) is 0 Å². The molecule has 0 atom stereocenters. The SMILES string of the molecule is Cc1cc(Br)cc(C(=O)C(F)F)c1F. The Hall–Kier alpha value is -0.840. The first-order valence-corrected chi connectivity index (χ1v) is 4.50. The zero-order valence-electron chi connectivity index (χ0n) is 7.15. The smallest absolute Gasteiger partial charge is 0.288 e. The molecule has 0 aromatic heterocycles. The Balaban J connectivity index is 3.27. The van der Waals surface area contributed by atoms with Gasteiger partial charge in [0.2, 0.25) is 5.78 Å². The molecule has 1 aromatic rings. The zero-order chi connectivity index (χ0) is 10.9. The van der Waals surface area contributed by atoms with Gasteiger partial charge in [-0.05, 0) is 24.6 Å². The van der Waals surface area contributed by atoms with Gasteiger partial charge >= 0.3 is 6.43 Å². The van der Waals surface area contributed by atoms with E-state index in [1.807, 2.05) is 0 Å². The fraction of sp³-hybridized carbons (Fsp3) is 0.222. The number of alkyl halides is 2. The minimum atomic E-state index is -3.18. The largest absolute Gasteiger partial charge is 0.300 e. The molecule has 14 heavy (non-hydrogen) atoms. The topological polar surface area (TPSA) is 17.1 Å². The molecule has 1 nitrogen and oxygen atoms in total. The van der Waals surface area contributed by atoms with Crippen molar-refractivity contribution in [2.45, 2.75) is 13.3 Å². The molecular weight excluding hydrogens is 261 g/mol. The highest BCUT2D eigenvalue weighted by Crippen LogP contribution is 2.21. The first kappa shape index (κ1) is 11.2. The van der Waals surface area contributed by atoms with Crippen LogP contribution in [0.25, 0.3) is 0 Å². The molecule has 1 rings (SSSR count). The van der Waals surface area contributed by atoms with Crippen molar-refractivity contribution in [1.29, 1.82) is 0 Å². The van der Waals surface area contributed by atoms with Gasteiger partial charge in [0.1, 0.15) is 5.82 Å². The van der Waals surface area contributed by atoms with E-state index in [2.05, 4.69) is 15.9 Å². The van der Waals surface area contributed by atoms with Crippen LogP contribution in [0.4, 0.5) is 13.2 Å². The quantitative estimate of drug-likeness (QED) is 0.751. The molecule has 76 valence electrons. The fourth-order valence-corrected chi connectivity index (χ4v) is 1.59. The summed E-state index contributed by atoms with van der Waals surface area (Å²) in [6.07, 6.45) is -3.18. The monoisotopic (exact) mass is 266 g/mol. The summed E-state index contributed by atoms with van der Waals surface area (Å²) in [4.78, 5) is 10.9. The molecule has 0 bridgehead atoms. The first-order valence-electron chi connectivity index (χ1n) is 3.71. The summed E-state index contributed by atoms with van der Waals surface area (Å²) in [6, 6.07) is 2.47. The van der Waals surface area contributed by atoms with E-state index in [-0.39, 0.29) is 5.56 Å². The number of rotatable bonds is 2. The van der Waals surface area contributed by atoms with E-state index in [0.29, 0.717) is 4.47 Å². The maximum Gasteiger partial charge on any atom is 0.300 e. The highest BCUT2D eigenvalue weighted by molar-refractivity contribution is 9.10. The van der Waals surface area contributed by atoms with E-state index in [0.717, 1.165) is 6.07 Å². The second-order valence-corrected chi connectivity index (χ2v) is 3.66. The van der Waals surface area contributed by atoms with Crippen LogP contribution in [0.2, 0.25) is 0 Å². The van der Waals surface area contributed by atoms with Crippen LogP contribution in [0.1, 0.15) is 15.9 Å². The fourth-order valence-electron chi connectivity index (χ4n) is 1.02. The molecule has 0 unspecified atom stereocenters. The minimum absolute atomic E-state index is 0.156. The van der Waals surface area contributed by atoms with Gasteiger partial charge in [-0.2, -0.15) is 0 Å². The highest BCUT2D eigenvalue weighted by Gasteiger charge is 2.22. The summed E-state index contributed by atoms with van der Waals surface area (Å²) in [5.41, 5.74) is -0.421. The number of Topliss-reactive ketones (excluding diaryl/α,β-unsaturated/α-hetero) is 1. The van der Waals surface area contributed by atoms with Crippen molar-refractivity contribution in [3.05, 3.63) is 33.5 Å². The molecule has 0 aliphatic heterocycles. The second kappa shape index (κ2) is 4.13. The lowest BCUT2D eigenvalue weighted by Gasteiger charge is -2.05. The minimum Gasteiger partial charge on any atom is -0.288 e. The van der Waals surface area contributed by atoms with Gasteiger partial charge in [-0.15, -0.1) is 0 Å². The molecule has 0 fully saturated rings. The maximum absolute atomic E-state index is 13.2. The number of aryl methyl sites for hydroxylation is 1. The van der Waals surface area contributed by atoms with E-state index < -0.39 is 23.6 Å². The van der Waals surface area contributed by atoms with Crippen LogP contribution in [-0.4, -0.2) is 12.2 Å². The average Bonchev–Trinajstić information content (AvgIpc) is 2.09. The van der Waals surface area contributed by atoms with Gasteiger partial charge in [0.05, 0.1) is 5.56 Å². The number of ketones is 1. The molecule has 0 aliphatic carbocycles. The molecule has 5 heteroatoms. The van der Waals surface area contributed by atoms with Crippen molar-refractivity contribution in [1.82, 2.24) is 0 Å². The van der Waals surface area contributed by atoms with Crippen LogP contribution in [0, 0.1) is 12.7 Å². The third kappa shape index (κ3) is 2.15. The van der Waals surface area contributed by atoms with E-state index in [1.54, 1.807) is 0 Å². The molecular formula is C9H6BrF3O. The summed E-state index contributed by atoms with van der Waals surface area (Å²) in [6.45, 7) is 1.41. The van der Waals surface area contributed by atoms with Gasteiger partial charge in [-0.1, -0.05) is 15.9 Å². The normalized spacial score (nSPS) is 10.7. The number of carbonyl (C=O) groups is 1. The van der Waals surface area contributed by atoms with Crippen molar-refractivity contribution in [3.63, 3.8) is 0 Å². The Morgan fingerprint density at radius 2 is 2.00 bits per heavy atom. The summed E-state index contributed by atoms with van der Waals surface area (Å²) in [7, 11) is 0. The summed E-state index contributed by atoms with van der Waals surface area (Å²) in [5, 5.41) is 0. The Bertz CT molecular complexity index is 377. The van der Waals surface area contributed by atoms with Crippen LogP contribution in [0.15, 0.2) is 16.6 Å². The first-order chi connectivity index (χ1) is 6.43. The lowest BCUT2D eigenvalue weighted by atomic mass is 10.1. The maximum atomic E-state index is 13.2. The molecule has 0 aliphatic rings. The van der Waals surface area contributed by atoms with E-state index in [1.165, 1.54) is 13.0 Å². The summed E-state index contributed by atoms with van der Waals surface area (Å²) < 4.78 is 37.7.